The molecule has 1 aromatic heterocycles. The van der Waals surface area contributed by atoms with Crippen molar-refractivity contribution in [2.45, 2.75) is 57.3 Å². The number of methoxy groups -OCH3 is 2. The van der Waals surface area contributed by atoms with Gasteiger partial charge in [-0.1, -0.05) is 37.3 Å². The Morgan fingerprint density at radius 2 is 1.55 bits per heavy atom. The smallest absolute Gasteiger partial charge is 0.294 e. The van der Waals surface area contributed by atoms with Gasteiger partial charge >= 0.3 is 0 Å². The van der Waals surface area contributed by atoms with Gasteiger partial charge in [0.05, 0.1) is 30.5 Å². The first-order valence-corrected chi connectivity index (χ1v) is 13.4. The summed E-state index contributed by atoms with van der Waals surface area (Å²) in [5.41, 5.74) is -0.712. The average molecular weight is 577 g/mol. The number of aryl methyl sites for hydroxylation is 1. The fourth-order valence-corrected chi connectivity index (χ4v) is 4.47. The summed E-state index contributed by atoms with van der Waals surface area (Å²) in [6.07, 6.45) is 1.70. The molecule has 0 radical (unpaired) electrons. The number of amides is 3. The van der Waals surface area contributed by atoms with E-state index in [0.29, 0.717) is 9.88 Å². The van der Waals surface area contributed by atoms with Gasteiger partial charge in [-0.25, -0.2) is 4.98 Å². The number of ketones is 1. The van der Waals surface area contributed by atoms with Crippen molar-refractivity contribution < 1.29 is 38.2 Å². The zero-order chi connectivity index (χ0) is 29.7. The van der Waals surface area contributed by atoms with Crippen LogP contribution in [0, 0.1) is 6.92 Å². The van der Waals surface area contributed by atoms with Crippen molar-refractivity contribution in [3.05, 3.63) is 52.0 Å². The van der Waals surface area contributed by atoms with Crippen LogP contribution in [0.15, 0.2) is 36.5 Å². The molecule has 0 aliphatic heterocycles. The maximum absolute atomic E-state index is 13.5. The standard InChI is InChI=1S/C27H36N4O8S/c1-6-27(3,39-16-32)23(33)19(12-18-10-8-7-9-11-18)29-24(34)20(14-37-4)30-25(35)21(15-38-5)31-26(36)22-13-28-17(2)40-22/h7-11,13,16,19-21H,6,12,14-15H2,1-5H3,(H,29,34)(H,30,35)(H,31,36)/t19-,20-,21-,27+/m0/s1. The molecule has 0 aliphatic rings. The number of Topliss-reactive ketones (excluding diaryl/α,β-unsaturated/α-hetero) is 1. The normalized spacial score (nSPS) is 14.6. The number of carbonyl (C=O) groups excluding carboxylic acids is 5. The highest BCUT2D eigenvalue weighted by molar-refractivity contribution is 7.13. The van der Waals surface area contributed by atoms with Crippen molar-refractivity contribution in [3.63, 3.8) is 0 Å². The molecule has 3 N–H and O–H groups in total. The predicted octanol–water partition coefficient (Wildman–Crippen LogP) is 0.966. The summed E-state index contributed by atoms with van der Waals surface area (Å²) in [6.45, 7) is 4.73. The minimum absolute atomic E-state index is 0.119. The fourth-order valence-electron chi connectivity index (χ4n) is 3.79. The Morgan fingerprint density at radius 3 is 2.05 bits per heavy atom. The molecule has 218 valence electrons. The fraction of sp³-hybridized carbons (Fsp3) is 0.481. The summed E-state index contributed by atoms with van der Waals surface area (Å²) in [5, 5.41) is 8.53. The van der Waals surface area contributed by atoms with Crippen LogP contribution in [0.2, 0.25) is 0 Å². The Bertz CT molecular complexity index is 1160. The van der Waals surface area contributed by atoms with Crippen molar-refractivity contribution in [2.24, 2.45) is 0 Å². The highest BCUT2D eigenvalue weighted by Gasteiger charge is 2.40. The van der Waals surface area contributed by atoms with Crippen LogP contribution in [0.5, 0.6) is 0 Å². The maximum atomic E-state index is 13.5. The van der Waals surface area contributed by atoms with Crippen LogP contribution in [-0.2, 0) is 39.8 Å². The Kier molecular flexibility index (Phi) is 12.8. The molecular weight excluding hydrogens is 540 g/mol. The van der Waals surface area contributed by atoms with Crippen LogP contribution in [0.25, 0.3) is 0 Å². The van der Waals surface area contributed by atoms with Gasteiger partial charge in [-0.2, -0.15) is 0 Å². The summed E-state index contributed by atoms with van der Waals surface area (Å²) >= 11 is 1.17. The number of thiazole rings is 1. The topological polar surface area (TPSA) is 162 Å². The van der Waals surface area contributed by atoms with Gasteiger partial charge in [0.25, 0.3) is 12.4 Å². The Balaban J connectivity index is 2.23. The average Bonchev–Trinajstić information content (AvgIpc) is 3.38. The minimum atomic E-state index is -1.47. The van der Waals surface area contributed by atoms with Crippen molar-refractivity contribution >= 4 is 41.3 Å². The first kappa shape index (κ1) is 32.5. The Morgan fingerprint density at radius 1 is 0.975 bits per heavy atom. The summed E-state index contributed by atoms with van der Waals surface area (Å²) in [6, 6.07) is 5.58. The SMILES string of the molecule is CC[C@@](C)(OC=O)C(=O)[C@H](Cc1ccccc1)NC(=O)[C@H](COC)NC(=O)[C@H](COC)NC(=O)c1cnc(C)s1. The van der Waals surface area contributed by atoms with Gasteiger partial charge < -0.3 is 30.2 Å². The molecule has 40 heavy (non-hydrogen) atoms. The number of nitrogens with one attached hydrogen (secondary N) is 3. The molecule has 0 unspecified atom stereocenters. The lowest BCUT2D eigenvalue weighted by Crippen LogP contribution is -2.60. The van der Waals surface area contributed by atoms with E-state index in [1.165, 1.54) is 38.7 Å². The molecule has 0 bridgehead atoms. The van der Waals surface area contributed by atoms with E-state index in [1.54, 1.807) is 38.1 Å². The highest BCUT2D eigenvalue weighted by Crippen LogP contribution is 2.20. The van der Waals surface area contributed by atoms with Crippen molar-refractivity contribution in [2.75, 3.05) is 27.4 Å². The molecule has 13 heteroatoms. The number of carbonyl (C=O) groups is 5. The molecule has 0 saturated carbocycles. The predicted molar refractivity (Wildman–Crippen MR) is 147 cm³/mol. The number of aromatic nitrogens is 1. The molecule has 12 nitrogen and oxygen atoms in total. The van der Waals surface area contributed by atoms with Crippen molar-refractivity contribution in [1.82, 2.24) is 20.9 Å². The van der Waals surface area contributed by atoms with E-state index < -0.39 is 47.2 Å². The van der Waals surface area contributed by atoms with E-state index in [-0.39, 0.29) is 32.5 Å². The van der Waals surface area contributed by atoms with E-state index in [0.717, 1.165) is 5.56 Å². The lowest BCUT2D eigenvalue weighted by molar-refractivity contribution is -0.156. The molecular formula is C27H36N4O8S. The monoisotopic (exact) mass is 576 g/mol. The highest BCUT2D eigenvalue weighted by atomic mass is 32.1. The summed E-state index contributed by atoms with van der Waals surface area (Å²) < 4.78 is 15.4. The lowest BCUT2D eigenvalue weighted by atomic mass is 9.88. The molecule has 0 aliphatic carbocycles. The van der Waals surface area contributed by atoms with Gasteiger partial charge in [-0.3, -0.25) is 24.0 Å². The molecule has 0 fully saturated rings. The maximum Gasteiger partial charge on any atom is 0.294 e. The third-order valence-electron chi connectivity index (χ3n) is 6.19. The first-order valence-electron chi connectivity index (χ1n) is 12.6. The van der Waals surface area contributed by atoms with E-state index in [9.17, 15) is 24.0 Å². The number of benzene rings is 1. The number of nitrogens with zero attached hydrogens (tertiary/aromatic N) is 1. The molecule has 1 aromatic carbocycles. The molecule has 1 heterocycles. The number of hydrogen-bond donors (Lipinski definition) is 3. The number of ether oxygens (including phenoxy) is 3. The van der Waals surface area contributed by atoms with Crippen LogP contribution in [-0.4, -0.2) is 86.1 Å². The molecule has 2 aromatic rings. The Labute approximate surface area is 237 Å². The Hall–Kier alpha value is -3.68. The summed E-state index contributed by atoms with van der Waals surface area (Å²) in [5.74, 6) is -2.42. The van der Waals surface area contributed by atoms with Crippen LogP contribution < -0.4 is 16.0 Å². The van der Waals surface area contributed by atoms with Gasteiger partial charge in [0.1, 0.15) is 17.0 Å². The quantitative estimate of drug-likeness (QED) is 0.233. The van der Waals surface area contributed by atoms with Crippen molar-refractivity contribution in [1.29, 1.82) is 0 Å². The number of rotatable bonds is 17. The largest absolute Gasteiger partial charge is 0.453 e. The van der Waals surface area contributed by atoms with Crippen LogP contribution in [0.1, 0.15) is 40.5 Å². The van der Waals surface area contributed by atoms with Crippen molar-refractivity contribution in [3.8, 4) is 0 Å². The van der Waals surface area contributed by atoms with Crippen LogP contribution in [0.4, 0.5) is 0 Å². The molecule has 4 atom stereocenters. The zero-order valence-corrected chi connectivity index (χ0v) is 24.0. The first-order chi connectivity index (χ1) is 19.1. The van der Waals surface area contributed by atoms with Gasteiger partial charge in [0.15, 0.2) is 11.4 Å². The minimum Gasteiger partial charge on any atom is -0.453 e. The van der Waals surface area contributed by atoms with Gasteiger partial charge in [-0.05, 0) is 32.3 Å². The number of hydrogen-bond acceptors (Lipinski definition) is 10. The second kappa shape index (κ2) is 15.8. The zero-order valence-electron chi connectivity index (χ0n) is 23.2. The summed E-state index contributed by atoms with van der Waals surface area (Å²) in [4.78, 5) is 68.1. The van der Waals surface area contributed by atoms with Gasteiger partial charge in [0, 0.05) is 14.2 Å². The third kappa shape index (κ3) is 9.21. The molecule has 3 amide bonds. The third-order valence-corrected chi connectivity index (χ3v) is 7.10. The van der Waals surface area contributed by atoms with E-state index in [4.69, 9.17) is 14.2 Å². The second-order valence-corrected chi connectivity index (χ2v) is 10.4. The molecule has 2 rings (SSSR count). The summed E-state index contributed by atoms with van der Waals surface area (Å²) in [7, 11) is 2.72. The van der Waals surface area contributed by atoms with E-state index in [2.05, 4.69) is 20.9 Å². The second-order valence-electron chi connectivity index (χ2n) is 9.16. The van der Waals surface area contributed by atoms with Crippen LogP contribution >= 0.6 is 11.3 Å². The van der Waals surface area contributed by atoms with Gasteiger partial charge in [-0.15, -0.1) is 11.3 Å². The van der Waals surface area contributed by atoms with E-state index in [1.807, 2.05) is 6.07 Å². The van der Waals surface area contributed by atoms with Crippen LogP contribution in [0.3, 0.4) is 0 Å². The lowest BCUT2D eigenvalue weighted by Gasteiger charge is -2.31. The molecule has 0 spiro atoms. The molecule has 0 saturated heterocycles. The van der Waals surface area contributed by atoms with Gasteiger partial charge in [0.2, 0.25) is 11.8 Å². The van der Waals surface area contributed by atoms with E-state index >= 15 is 0 Å².